The van der Waals surface area contributed by atoms with E-state index in [4.69, 9.17) is 0 Å². The van der Waals surface area contributed by atoms with Crippen molar-refractivity contribution < 1.29 is 8.42 Å². The van der Waals surface area contributed by atoms with E-state index >= 15 is 0 Å². The maximum absolute atomic E-state index is 12.7. The number of para-hydroxylation sites is 1. The van der Waals surface area contributed by atoms with Gasteiger partial charge in [0.05, 0.1) is 4.90 Å². The molecule has 156 valence electrons. The molecule has 1 aromatic heterocycles. The highest BCUT2D eigenvalue weighted by atomic mass is 79.9. The summed E-state index contributed by atoms with van der Waals surface area (Å²) in [4.78, 5) is 9.01. The van der Waals surface area contributed by atoms with Gasteiger partial charge >= 0.3 is 0 Å². The van der Waals surface area contributed by atoms with Crippen LogP contribution >= 0.6 is 15.9 Å². The Morgan fingerprint density at radius 1 is 0.867 bits per heavy atom. The maximum atomic E-state index is 12.7. The van der Waals surface area contributed by atoms with Crippen LogP contribution in [-0.2, 0) is 16.6 Å². The van der Waals surface area contributed by atoms with E-state index in [1.54, 1.807) is 24.3 Å². The molecule has 0 radical (unpaired) electrons. The molecule has 8 heteroatoms. The Morgan fingerprint density at radius 3 is 2.20 bits per heavy atom. The van der Waals surface area contributed by atoms with Gasteiger partial charge in [-0.05, 0) is 48.0 Å². The zero-order valence-corrected chi connectivity index (χ0v) is 18.8. The number of aromatic nitrogens is 1. The maximum Gasteiger partial charge on any atom is 0.240 e. The van der Waals surface area contributed by atoms with Crippen molar-refractivity contribution in [2.75, 3.05) is 36.0 Å². The second-order valence-electron chi connectivity index (χ2n) is 7.09. The van der Waals surface area contributed by atoms with Crippen LogP contribution in [0.1, 0.15) is 5.56 Å². The third-order valence-corrected chi connectivity index (χ3v) is 7.16. The monoisotopic (exact) mass is 486 g/mol. The average molecular weight is 487 g/mol. The predicted molar refractivity (Wildman–Crippen MR) is 123 cm³/mol. The largest absolute Gasteiger partial charge is 0.368 e. The smallest absolute Gasteiger partial charge is 0.240 e. The fourth-order valence-electron chi connectivity index (χ4n) is 3.60. The first kappa shape index (κ1) is 20.8. The Hall–Kier alpha value is -2.42. The molecule has 0 unspecified atom stereocenters. The first-order valence-electron chi connectivity index (χ1n) is 9.76. The number of sulfonamides is 1. The molecule has 0 aliphatic carbocycles. The highest BCUT2D eigenvalue weighted by molar-refractivity contribution is 9.10. The number of benzene rings is 2. The molecule has 0 atom stereocenters. The van der Waals surface area contributed by atoms with Gasteiger partial charge in [-0.15, -0.1) is 0 Å². The molecule has 6 nitrogen and oxygen atoms in total. The summed E-state index contributed by atoms with van der Waals surface area (Å²) in [5, 5.41) is 0. The number of pyridine rings is 1. The van der Waals surface area contributed by atoms with Gasteiger partial charge < -0.3 is 9.80 Å². The minimum absolute atomic E-state index is 0.249. The molecule has 4 rings (SSSR count). The molecule has 1 saturated heterocycles. The van der Waals surface area contributed by atoms with Crippen molar-refractivity contribution in [3.63, 3.8) is 0 Å². The fraction of sp³-hybridized carbons (Fsp3) is 0.227. The highest BCUT2D eigenvalue weighted by Crippen LogP contribution is 2.24. The number of anilines is 2. The minimum atomic E-state index is -3.57. The molecule has 2 aromatic carbocycles. The van der Waals surface area contributed by atoms with Crippen LogP contribution in [0, 0.1) is 0 Å². The highest BCUT2D eigenvalue weighted by Gasteiger charge is 2.20. The van der Waals surface area contributed by atoms with Crippen LogP contribution in [0.25, 0.3) is 0 Å². The molecular weight excluding hydrogens is 464 g/mol. The number of piperazine rings is 1. The second-order valence-corrected chi connectivity index (χ2v) is 9.77. The SMILES string of the molecule is O=S(=O)(NCc1ccccc1N1CCN(c2ccncc2)CC1)c1ccc(Br)cc1. The van der Waals surface area contributed by atoms with Crippen LogP contribution in [0.4, 0.5) is 11.4 Å². The number of hydrogen-bond donors (Lipinski definition) is 1. The summed E-state index contributed by atoms with van der Waals surface area (Å²) in [5.41, 5.74) is 3.22. The summed E-state index contributed by atoms with van der Waals surface area (Å²) in [7, 11) is -3.57. The van der Waals surface area contributed by atoms with Crippen LogP contribution < -0.4 is 14.5 Å². The van der Waals surface area contributed by atoms with Gasteiger partial charge in [0.2, 0.25) is 10.0 Å². The minimum Gasteiger partial charge on any atom is -0.368 e. The van der Waals surface area contributed by atoms with Crippen molar-refractivity contribution in [1.29, 1.82) is 0 Å². The van der Waals surface area contributed by atoms with E-state index in [0.29, 0.717) is 0 Å². The summed E-state index contributed by atoms with van der Waals surface area (Å²) < 4.78 is 28.9. The Kier molecular flexibility index (Phi) is 6.36. The number of hydrogen-bond acceptors (Lipinski definition) is 5. The van der Waals surface area contributed by atoms with Crippen molar-refractivity contribution in [1.82, 2.24) is 9.71 Å². The fourth-order valence-corrected chi connectivity index (χ4v) is 4.87. The third kappa shape index (κ3) is 4.83. The van der Waals surface area contributed by atoms with Crippen molar-refractivity contribution in [3.8, 4) is 0 Å². The van der Waals surface area contributed by atoms with E-state index in [-0.39, 0.29) is 11.4 Å². The first-order valence-corrected chi connectivity index (χ1v) is 12.0. The van der Waals surface area contributed by atoms with E-state index in [0.717, 1.165) is 41.9 Å². The second kappa shape index (κ2) is 9.16. The van der Waals surface area contributed by atoms with Gasteiger partial charge in [-0.25, -0.2) is 13.1 Å². The molecule has 1 fully saturated rings. The Labute approximate surface area is 185 Å². The van der Waals surface area contributed by atoms with Crippen LogP contribution in [0.3, 0.4) is 0 Å². The van der Waals surface area contributed by atoms with Crippen LogP contribution in [0.2, 0.25) is 0 Å². The number of halogens is 1. The normalized spacial score (nSPS) is 14.7. The molecule has 0 amide bonds. The molecule has 0 saturated carbocycles. The van der Waals surface area contributed by atoms with Crippen molar-refractivity contribution in [3.05, 3.63) is 83.1 Å². The lowest BCUT2D eigenvalue weighted by Crippen LogP contribution is -2.47. The van der Waals surface area contributed by atoms with Crippen LogP contribution in [0.15, 0.2) is 82.4 Å². The summed E-state index contributed by atoms with van der Waals surface area (Å²) in [6.07, 6.45) is 3.63. The van der Waals surface area contributed by atoms with Gasteiger partial charge in [-0.3, -0.25) is 4.98 Å². The van der Waals surface area contributed by atoms with E-state index in [1.807, 2.05) is 42.7 Å². The molecule has 2 heterocycles. The summed E-state index contributed by atoms with van der Waals surface area (Å²) in [6, 6.07) is 18.7. The van der Waals surface area contributed by atoms with Crippen molar-refractivity contribution in [2.24, 2.45) is 0 Å². The average Bonchev–Trinajstić information content (AvgIpc) is 2.79. The van der Waals surface area contributed by atoms with Crippen LogP contribution in [0.5, 0.6) is 0 Å². The zero-order valence-electron chi connectivity index (χ0n) is 16.4. The molecule has 0 spiro atoms. The van der Waals surface area contributed by atoms with Gasteiger partial charge in [0.25, 0.3) is 0 Å². The van der Waals surface area contributed by atoms with Crippen molar-refractivity contribution >= 4 is 37.3 Å². The number of nitrogens with zero attached hydrogens (tertiary/aromatic N) is 3. The number of rotatable bonds is 6. The molecule has 1 aliphatic rings. The van der Waals surface area contributed by atoms with Crippen molar-refractivity contribution in [2.45, 2.75) is 11.4 Å². The van der Waals surface area contributed by atoms with Gasteiger partial charge in [-0.2, -0.15) is 0 Å². The lowest BCUT2D eigenvalue weighted by molar-refractivity contribution is 0.581. The third-order valence-electron chi connectivity index (χ3n) is 5.22. The van der Waals surface area contributed by atoms with E-state index in [9.17, 15) is 8.42 Å². The summed E-state index contributed by atoms with van der Waals surface area (Å²) in [6.45, 7) is 3.81. The van der Waals surface area contributed by atoms with Gasteiger partial charge in [0, 0.05) is 61.0 Å². The van der Waals surface area contributed by atoms with Crippen LogP contribution in [-0.4, -0.2) is 39.6 Å². The lowest BCUT2D eigenvalue weighted by Gasteiger charge is -2.38. The number of nitrogens with one attached hydrogen (secondary N) is 1. The Balaban J connectivity index is 1.44. The quantitative estimate of drug-likeness (QED) is 0.575. The molecule has 1 aliphatic heterocycles. The predicted octanol–water partition coefficient (Wildman–Crippen LogP) is 3.65. The zero-order chi connectivity index (χ0) is 21.0. The van der Waals surface area contributed by atoms with Gasteiger partial charge in [-0.1, -0.05) is 34.1 Å². The van der Waals surface area contributed by atoms with E-state index in [1.165, 1.54) is 5.69 Å². The topological polar surface area (TPSA) is 65.5 Å². The Bertz CT molecular complexity index is 1080. The molecular formula is C22H23BrN4O2S. The molecule has 0 bridgehead atoms. The summed E-state index contributed by atoms with van der Waals surface area (Å²) >= 11 is 3.33. The molecule has 30 heavy (non-hydrogen) atoms. The molecule has 3 aromatic rings. The Morgan fingerprint density at radius 2 is 1.50 bits per heavy atom. The summed E-state index contributed by atoms with van der Waals surface area (Å²) in [5.74, 6) is 0. The van der Waals surface area contributed by atoms with E-state index in [2.05, 4.69) is 41.5 Å². The standard InChI is InChI=1S/C22H23BrN4O2S/c23-19-5-7-21(8-6-19)30(28,29)25-17-18-3-1-2-4-22(18)27-15-13-26(14-16-27)20-9-11-24-12-10-20/h1-12,25H,13-17H2. The first-order chi connectivity index (χ1) is 14.5. The van der Waals surface area contributed by atoms with Gasteiger partial charge in [0.1, 0.15) is 0 Å². The van der Waals surface area contributed by atoms with E-state index < -0.39 is 10.0 Å². The van der Waals surface area contributed by atoms with Gasteiger partial charge in [0.15, 0.2) is 0 Å². The lowest BCUT2D eigenvalue weighted by atomic mass is 10.1. The molecule has 1 N–H and O–H groups in total.